The quantitative estimate of drug-likeness (QED) is 0.662. The van der Waals surface area contributed by atoms with Gasteiger partial charge in [0.2, 0.25) is 0 Å². The molecule has 1 unspecified atom stereocenters. The summed E-state index contributed by atoms with van der Waals surface area (Å²) in [7, 11) is 0. The van der Waals surface area contributed by atoms with Crippen LogP contribution in [0.15, 0.2) is 46.8 Å². The molecule has 1 heterocycles. The Labute approximate surface area is 146 Å². The second-order valence-corrected chi connectivity index (χ2v) is 6.73. The molecule has 0 saturated carbocycles. The van der Waals surface area contributed by atoms with Gasteiger partial charge in [-0.25, -0.2) is 5.43 Å². The minimum absolute atomic E-state index is 0.134. The van der Waals surface area contributed by atoms with Gasteiger partial charge in [0.1, 0.15) is 0 Å². The van der Waals surface area contributed by atoms with Crippen LogP contribution in [-0.2, 0) is 0 Å². The number of aliphatic hydroxyl groups is 1. The van der Waals surface area contributed by atoms with Gasteiger partial charge in [0.15, 0.2) is 11.9 Å². The van der Waals surface area contributed by atoms with Crippen molar-refractivity contribution in [2.75, 3.05) is 6.54 Å². The van der Waals surface area contributed by atoms with Crippen molar-refractivity contribution >= 4 is 5.71 Å². The zero-order chi connectivity index (χ0) is 17.5. The molecule has 4 nitrogen and oxygen atoms in total. The van der Waals surface area contributed by atoms with Crippen molar-refractivity contribution in [1.82, 2.24) is 10.4 Å². The van der Waals surface area contributed by atoms with Gasteiger partial charge in [-0.2, -0.15) is 0 Å². The maximum atomic E-state index is 10.6. The smallest absolute Gasteiger partial charge is 0.161 e. The van der Waals surface area contributed by atoms with Gasteiger partial charge < -0.3 is 5.11 Å². The van der Waals surface area contributed by atoms with Crippen molar-refractivity contribution in [2.45, 2.75) is 59.5 Å². The highest BCUT2D eigenvalue weighted by molar-refractivity contribution is 6.00. The monoisotopic (exact) mass is 329 g/mol. The van der Waals surface area contributed by atoms with E-state index in [-0.39, 0.29) is 12.1 Å². The summed E-state index contributed by atoms with van der Waals surface area (Å²) in [6.07, 6.45) is 4.71. The van der Waals surface area contributed by atoms with Crippen LogP contribution >= 0.6 is 0 Å². The van der Waals surface area contributed by atoms with Crippen molar-refractivity contribution in [2.24, 2.45) is 10.9 Å². The number of rotatable bonds is 8. The zero-order valence-corrected chi connectivity index (χ0v) is 15.4. The maximum absolute atomic E-state index is 10.6. The van der Waals surface area contributed by atoms with E-state index in [9.17, 15) is 5.11 Å². The maximum Gasteiger partial charge on any atom is 0.161 e. The van der Waals surface area contributed by atoms with Gasteiger partial charge in [-0.15, -0.1) is 0 Å². The highest BCUT2D eigenvalue weighted by Gasteiger charge is 2.30. The highest BCUT2D eigenvalue weighted by Crippen LogP contribution is 2.31. The molecule has 1 aliphatic heterocycles. The van der Waals surface area contributed by atoms with E-state index >= 15 is 0 Å². The molecule has 2 N–H and O–H groups in total. The van der Waals surface area contributed by atoms with Crippen molar-refractivity contribution < 1.29 is 5.11 Å². The van der Waals surface area contributed by atoms with Crippen LogP contribution in [0.4, 0.5) is 0 Å². The number of hydrogen-bond acceptors (Lipinski definition) is 4. The topological polar surface area (TPSA) is 47.9 Å². The van der Waals surface area contributed by atoms with Crippen LogP contribution in [0.5, 0.6) is 0 Å². The van der Waals surface area contributed by atoms with Gasteiger partial charge in [-0.05, 0) is 24.8 Å². The molecule has 1 aliphatic rings. The molecule has 24 heavy (non-hydrogen) atoms. The molecule has 0 saturated heterocycles. The van der Waals surface area contributed by atoms with E-state index in [1.54, 1.807) is 0 Å². The summed E-state index contributed by atoms with van der Waals surface area (Å²) in [5.41, 5.74) is 6.23. The Morgan fingerprint density at radius 3 is 2.50 bits per heavy atom. The Morgan fingerprint density at radius 1 is 1.17 bits per heavy atom. The second-order valence-electron chi connectivity index (χ2n) is 6.73. The Balaban J connectivity index is 2.21. The lowest BCUT2D eigenvalue weighted by Crippen LogP contribution is -2.43. The van der Waals surface area contributed by atoms with Crippen LogP contribution in [0.25, 0.3) is 0 Å². The van der Waals surface area contributed by atoms with Gasteiger partial charge in [0.25, 0.3) is 0 Å². The van der Waals surface area contributed by atoms with E-state index in [2.05, 4.69) is 38.3 Å². The summed E-state index contributed by atoms with van der Waals surface area (Å²) in [4.78, 5) is 4.85. The first-order valence-corrected chi connectivity index (χ1v) is 9.11. The van der Waals surface area contributed by atoms with Crippen LogP contribution in [-0.4, -0.2) is 22.4 Å². The molecule has 0 amide bonds. The molecular formula is C20H31N3O. The van der Waals surface area contributed by atoms with Crippen LogP contribution in [0.3, 0.4) is 0 Å². The molecule has 132 valence electrons. The Kier molecular flexibility index (Phi) is 6.85. The zero-order valence-electron chi connectivity index (χ0n) is 15.4. The lowest BCUT2D eigenvalue weighted by atomic mass is 10.0. The number of allylic oxidation sites excluding steroid dienone is 2. The highest BCUT2D eigenvalue weighted by atomic mass is 16.3. The largest absolute Gasteiger partial charge is 0.504 e. The van der Waals surface area contributed by atoms with Gasteiger partial charge in [-0.1, -0.05) is 70.4 Å². The van der Waals surface area contributed by atoms with Gasteiger partial charge in [0, 0.05) is 6.54 Å². The standard InChI is InChI=1S/C20H31N3O/c1-5-6-7-11-14-21-23-16(4)19(24)18(15(2)3)22-20(23)17-12-9-8-10-13-17/h8-10,12-13,15,20-21,24H,5-7,11,14H2,1-4H3. The first-order valence-electron chi connectivity index (χ1n) is 9.11. The average Bonchev–Trinajstić information content (AvgIpc) is 2.58. The molecule has 0 fully saturated rings. The normalized spacial score (nSPS) is 18.3. The van der Waals surface area contributed by atoms with Crippen molar-refractivity contribution in [3.8, 4) is 0 Å². The third kappa shape index (κ3) is 4.38. The molecule has 1 atom stereocenters. The van der Waals surface area contributed by atoms with Crippen molar-refractivity contribution in [3.63, 3.8) is 0 Å². The average molecular weight is 329 g/mol. The number of aliphatic imine (C=N–C) groups is 1. The predicted molar refractivity (Wildman–Crippen MR) is 101 cm³/mol. The summed E-state index contributed by atoms with van der Waals surface area (Å²) in [6, 6.07) is 10.3. The number of hydrazine groups is 1. The number of aliphatic hydroxyl groups excluding tert-OH is 1. The summed E-state index contributed by atoms with van der Waals surface area (Å²) in [5, 5.41) is 12.6. The second kappa shape index (κ2) is 8.88. The van der Waals surface area contributed by atoms with Crippen LogP contribution in [0.2, 0.25) is 0 Å². The summed E-state index contributed by atoms with van der Waals surface area (Å²) >= 11 is 0. The number of nitrogens with zero attached hydrogens (tertiary/aromatic N) is 2. The third-order valence-corrected chi connectivity index (χ3v) is 4.41. The SMILES string of the molecule is CCCCCCNN1C(C)=C(O)C(C(C)C)=NC1c1ccccc1. The molecule has 0 bridgehead atoms. The molecule has 0 spiro atoms. The molecule has 0 radical (unpaired) electrons. The first kappa shape index (κ1) is 18.5. The summed E-state index contributed by atoms with van der Waals surface area (Å²) in [5.74, 6) is 0.496. The summed E-state index contributed by atoms with van der Waals surface area (Å²) < 4.78 is 0. The van der Waals surface area contributed by atoms with Gasteiger partial charge in [-0.3, -0.25) is 10.0 Å². The number of benzene rings is 1. The number of unbranched alkanes of at least 4 members (excludes halogenated alkanes) is 3. The van der Waals surface area contributed by atoms with Gasteiger partial charge >= 0.3 is 0 Å². The molecule has 1 aromatic carbocycles. The van der Waals surface area contributed by atoms with E-state index in [0.29, 0.717) is 5.76 Å². The fourth-order valence-electron chi connectivity index (χ4n) is 2.96. The minimum Gasteiger partial charge on any atom is -0.504 e. The van der Waals surface area contributed by atoms with Crippen LogP contribution in [0.1, 0.15) is 65.1 Å². The lowest BCUT2D eigenvalue weighted by Gasteiger charge is -2.37. The number of hydrogen-bond donors (Lipinski definition) is 2. The van der Waals surface area contributed by atoms with Gasteiger partial charge in [0.05, 0.1) is 11.4 Å². The predicted octanol–water partition coefficient (Wildman–Crippen LogP) is 4.97. The molecule has 0 aliphatic carbocycles. The van der Waals surface area contributed by atoms with E-state index in [4.69, 9.17) is 4.99 Å². The molecule has 4 heteroatoms. The van der Waals surface area contributed by atoms with E-state index in [1.807, 2.05) is 30.1 Å². The van der Waals surface area contributed by atoms with E-state index in [0.717, 1.165) is 29.9 Å². The summed E-state index contributed by atoms with van der Waals surface area (Å²) in [6.45, 7) is 9.20. The first-order chi connectivity index (χ1) is 11.6. The van der Waals surface area contributed by atoms with Crippen LogP contribution in [0, 0.1) is 5.92 Å². The third-order valence-electron chi connectivity index (χ3n) is 4.41. The molecule has 1 aromatic rings. The van der Waals surface area contributed by atoms with Crippen molar-refractivity contribution in [3.05, 3.63) is 47.4 Å². The Morgan fingerprint density at radius 2 is 1.88 bits per heavy atom. The fraction of sp³-hybridized carbons (Fsp3) is 0.550. The Bertz CT molecular complexity index is 578. The fourth-order valence-corrected chi connectivity index (χ4v) is 2.96. The molecule has 0 aromatic heterocycles. The Hall–Kier alpha value is -1.81. The number of nitrogens with one attached hydrogen (secondary N) is 1. The van der Waals surface area contributed by atoms with E-state index in [1.165, 1.54) is 19.3 Å². The van der Waals surface area contributed by atoms with E-state index < -0.39 is 0 Å². The minimum atomic E-state index is -0.134. The molecular weight excluding hydrogens is 298 g/mol. The lowest BCUT2D eigenvalue weighted by molar-refractivity contribution is 0.161. The molecule has 2 rings (SSSR count). The van der Waals surface area contributed by atoms with Crippen LogP contribution < -0.4 is 5.43 Å². The van der Waals surface area contributed by atoms with Crippen molar-refractivity contribution in [1.29, 1.82) is 0 Å².